The molecule has 0 spiro atoms. The van der Waals surface area contributed by atoms with Gasteiger partial charge in [-0.15, -0.1) is 0 Å². The lowest BCUT2D eigenvalue weighted by Crippen LogP contribution is -2.39. The number of sulfonamides is 1. The largest absolute Gasteiger partial charge is 0.497 e. The van der Waals surface area contributed by atoms with E-state index < -0.39 is 10.0 Å². The second-order valence-electron chi connectivity index (χ2n) is 7.21. The van der Waals surface area contributed by atoms with Crippen LogP contribution in [0.25, 0.3) is 11.4 Å². The zero-order valence-electron chi connectivity index (χ0n) is 17.1. The molecule has 0 saturated carbocycles. The van der Waals surface area contributed by atoms with E-state index in [2.05, 4.69) is 26.1 Å². The van der Waals surface area contributed by atoms with Crippen molar-refractivity contribution in [1.29, 1.82) is 0 Å². The van der Waals surface area contributed by atoms with Gasteiger partial charge in [0.05, 0.1) is 25.0 Å². The molecule has 0 bridgehead atoms. The summed E-state index contributed by atoms with van der Waals surface area (Å²) in [7, 11) is -0.449. The van der Waals surface area contributed by atoms with Gasteiger partial charge < -0.3 is 14.0 Å². The summed E-state index contributed by atoms with van der Waals surface area (Å²) < 4.78 is 44.6. The number of ether oxygens (including phenoxy) is 2. The minimum Gasteiger partial charge on any atom is -0.497 e. The van der Waals surface area contributed by atoms with E-state index in [1.54, 1.807) is 56.7 Å². The first-order valence-electron chi connectivity index (χ1n) is 9.73. The van der Waals surface area contributed by atoms with E-state index in [0.717, 1.165) is 10.9 Å². The number of rotatable bonds is 6. The van der Waals surface area contributed by atoms with E-state index in [1.807, 2.05) is 0 Å². The second kappa shape index (κ2) is 8.97. The Morgan fingerprint density at radius 1 is 1.10 bits per heavy atom. The number of aromatic nitrogens is 2. The van der Waals surface area contributed by atoms with Crippen LogP contribution in [-0.2, 0) is 10.0 Å². The normalized spacial score (nSPS) is 17.5. The average Bonchev–Trinajstić information content (AvgIpc) is 3.29. The van der Waals surface area contributed by atoms with Crippen molar-refractivity contribution in [3.63, 3.8) is 0 Å². The summed E-state index contributed by atoms with van der Waals surface area (Å²) in [5, 5.41) is 4.10. The van der Waals surface area contributed by atoms with Crippen LogP contribution >= 0.6 is 15.9 Å². The molecule has 1 saturated heterocycles. The van der Waals surface area contributed by atoms with Crippen molar-refractivity contribution in [3.8, 4) is 22.9 Å². The van der Waals surface area contributed by atoms with Crippen LogP contribution in [0.1, 0.15) is 24.7 Å². The summed E-state index contributed by atoms with van der Waals surface area (Å²) >= 11 is 3.34. The number of halogens is 1. The molecule has 1 aliphatic rings. The summed E-state index contributed by atoms with van der Waals surface area (Å²) in [6, 6.07) is 12.0. The number of piperidine rings is 1. The molecule has 8 nitrogen and oxygen atoms in total. The van der Waals surface area contributed by atoms with Crippen LogP contribution in [0.2, 0.25) is 0 Å². The highest BCUT2D eigenvalue weighted by molar-refractivity contribution is 9.10. The Kier molecular flexibility index (Phi) is 6.31. The summed E-state index contributed by atoms with van der Waals surface area (Å²) in [6.07, 6.45) is 1.49. The maximum atomic E-state index is 13.1. The number of methoxy groups -OCH3 is 2. The molecule has 1 aliphatic heterocycles. The van der Waals surface area contributed by atoms with Gasteiger partial charge in [0.15, 0.2) is 0 Å². The van der Waals surface area contributed by atoms with Crippen LogP contribution in [0.3, 0.4) is 0 Å². The predicted octanol–water partition coefficient (Wildman–Crippen LogP) is 4.08. The van der Waals surface area contributed by atoms with Crippen molar-refractivity contribution in [1.82, 2.24) is 14.4 Å². The topological polar surface area (TPSA) is 94.8 Å². The lowest BCUT2D eigenvalue weighted by atomic mass is 10.00. The van der Waals surface area contributed by atoms with Gasteiger partial charge in [0.25, 0.3) is 0 Å². The van der Waals surface area contributed by atoms with Crippen molar-refractivity contribution in [2.45, 2.75) is 23.7 Å². The number of hydrogen-bond acceptors (Lipinski definition) is 7. The molecule has 0 aliphatic carbocycles. The van der Waals surface area contributed by atoms with Gasteiger partial charge in [-0.3, -0.25) is 0 Å². The molecule has 10 heteroatoms. The molecule has 0 amide bonds. The first kappa shape index (κ1) is 21.8. The molecule has 1 aromatic heterocycles. The molecule has 2 aromatic carbocycles. The van der Waals surface area contributed by atoms with Crippen LogP contribution in [0.15, 0.2) is 56.4 Å². The fourth-order valence-corrected chi connectivity index (χ4v) is 5.36. The number of nitrogens with zero attached hydrogens (tertiary/aromatic N) is 3. The Morgan fingerprint density at radius 3 is 2.42 bits per heavy atom. The third-order valence-corrected chi connectivity index (χ3v) is 7.64. The van der Waals surface area contributed by atoms with Gasteiger partial charge in [-0.1, -0.05) is 21.1 Å². The van der Waals surface area contributed by atoms with Gasteiger partial charge in [0, 0.05) is 29.2 Å². The van der Waals surface area contributed by atoms with Gasteiger partial charge in [0.2, 0.25) is 21.7 Å². The molecule has 164 valence electrons. The van der Waals surface area contributed by atoms with Crippen LogP contribution in [0.4, 0.5) is 0 Å². The smallest absolute Gasteiger partial charge is 0.243 e. The van der Waals surface area contributed by atoms with Gasteiger partial charge in [-0.05, 0) is 49.2 Å². The zero-order chi connectivity index (χ0) is 22.0. The third-order valence-electron chi connectivity index (χ3n) is 5.24. The highest BCUT2D eigenvalue weighted by Crippen LogP contribution is 2.32. The van der Waals surface area contributed by atoms with Crippen molar-refractivity contribution in [3.05, 3.63) is 52.8 Å². The monoisotopic (exact) mass is 507 g/mol. The molecule has 2 heterocycles. The highest BCUT2D eigenvalue weighted by atomic mass is 79.9. The first-order valence-corrected chi connectivity index (χ1v) is 12.0. The summed E-state index contributed by atoms with van der Waals surface area (Å²) in [6.45, 7) is 0.754. The Morgan fingerprint density at radius 2 is 1.77 bits per heavy atom. The average molecular weight is 508 g/mol. The van der Waals surface area contributed by atoms with E-state index in [4.69, 9.17) is 14.0 Å². The van der Waals surface area contributed by atoms with E-state index in [9.17, 15) is 8.42 Å². The standard InChI is InChI=1S/C21H22BrN3O5S/c1-28-17-10-15(11-18(12-17)29-2)20-23-21(30-24-20)14-4-3-9-25(13-14)31(26,27)19-7-5-16(22)6-8-19/h5-8,10-12,14H,3-4,9,13H2,1-2H3. The van der Waals surface area contributed by atoms with Crippen molar-refractivity contribution < 1.29 is 22.4 Å². The fraction of sp³-hybridized carbons (Fsp3) is 0.333. The Bertz CT molecular complexity index is 1140. The molecule has 1 unspecified atom stereocenters. The Labute approximate surface area is 189 Å². The molecule has 3 aromatic rings. The molecular formula is C21H22BrN3O5S. The predicted molar refractivity (Wildman–Crippen MR) is 118 cm³/mol. The maximum absolute atomic E-state index is 13.1. The SMILES string of the molecule is COc1cc(OC)cc(-c2noc(C3CCCN(S(=O)(=O)c4ccc(Br)cc4)C3)n2)c1. The van der Waals surface area contributed by atoms with E-state index in [0.29, 0.717) is 48.3 Å². The first-order chi connectivity index (χ1) is 14.9. The zero-order valence-corrected chi connectivity index (χ0v) is 19.5. The van der Waals surface area contributed by atoms with Crippen molar-refractivity contribution >= 4 is 26.0 Å². The minimum atomic E-state index is -3.59. The van der Waals surface area contributed by atoms with E-state index >= 15 is 0 Å². The van der Waals surface area contributed by atoms with Crippen molar-refractivity contribution in [2.24, 2.45) is 0 Å². The second-order valence-corrected chi connectivity index (χ2v) is 10.1. The quantitative estimate of drug-likeness (QED) is 0.495. The van der Waals surface area contributed by atoms with Crippen LogP contribution in [0, 0.1) is 0 Å². The maximum Gasteiger partial charge on any atom is 0.243 e. The van der Waals surface area contributed by atoms with Gasteiger partial charge in [0.1, 0.15) is 11.5 Å². The molecular weight excluding hydrogens is 486 g/mol. The van der Waals surface area contributed by atoms with Crippen LogP contribution < -0.4 is 9.47 Å². The number of benzene rings is 2. The van der Waals surface area contributed by atoms with Gasteiger partial charge in [-0.2, -0.15) is 9.29 Å². The van der Waals surface area contributed by atoms with Crippen LogP contribution in [-0.4, -0.2) is 50.2 Å². The summed E-state index contributed by atoms with van der Waals surface area (Å²) in [5.41, 5.74) is 0.696. The highest BCUT2D eigenvalue weighted by Gasteiger charge is 2.33. The molecule has 31 heavy (non-hydrogen) atoms. The summed E-state index contributed by atoms with van der Waals surface area (Å²) in [5.74, 6) is 1.88. The Hall–Kier alpha value is -2.43. The van der Waals surface area contributed by atoms with E-state index in [1.165, 1.54) is 4.31 Å². The lowest BCUT2D eigenvalue weighted by Gasteiger charge is -2.30. The molecule has 4 rings (SSSR count). The van der Waals surface area contributed by atoms with Crippen LogP contribution in [0.5, 0.6) is 11.5 Å². The molecule has 0 radical (unpaired) electrons. The van der Waals surface area contributed by atoms with Crippen molar-refractivity contribution in [2.75, 3.05) is 27.3 Å². The Balaban J connectivity index is 1.56. The van der Waals surface area contributed by atoms with E-state index in [-0.39, 0.29) is 10.8 Å². The fourth-order valence-electron chi connectivity index (χ4n) is 3.57. The lowest BCUT2D eigenvalue weighted by molar-refractivity contribution is 0.265. The van der Waals surface area contributed by atoms with Gasteiger partial charge >= 0.3 is 0 Å². The minimum absolute atomic E-state index is 0.173. The molecule has 1 atom stereocenters. The third kappa shape index (κ3) is 4.60. The molecule has 0 N–H and O–H groups in total. The number of hydrogen-bond donors (Lipinski definition) is 0. The summed E-state index contributed by atoms with van der Waals surface area (Å²) in [4.78, 5) is 4.81. The van der Waals surface area contributed by atoms with Gasteiger partial charge in [-0.25, -0.2) is 8.42 Å². The molecule has 1 fully saturated rings.